The lowest BCUT2D eigenvalue weighted by atomic mass is 10.1. The van der Waals surface area contributed by atoms with Crippen LogP contribution in [0, 0.1) is 0 Å². The first kappa shape index (κ1) is 21.2. The fourth-order valence-electron chi connectivity index (χ4n) is 3.67. The van der Waals surface area contributed by atoms with Crippen molar-refractivity contribution >= 4 is 33.7 Å². The highest BCUT2D eigenvalue weighted by Crippen LogP contribution is 2.25. The Morgan fingerprint density at radius 2 is 1.12 bits per heavy atom. The minimum atomic E-state index is -1.07. The summed E-state index contributed by atoms with van der Waals surface area (Å²) in [6.45, 7) is 0. The SMILES string of the molecule is NC(Cc1cn(/N=N/n2cc(CC(N)C(=O)O)c3ccccc32)c2ccccc12)C(=O)O. The van der Waals surface area contributed by atoms with Crippen molar-refractivity contribution in [2.45, 2.75) is 24.9 Å². The van der Waals surface area contributed by atoms with E-state index in [9.17, 15) is 9.59 Å². The lowest BCUT2D eigenvalue weighted by Gasteiger charge is -2.04. The van der Waals surface area contributed by atoms with E-state index < -0.39 is 24.0 Å². The van der Waals surface area contributed by atoms with Gasteiger partial charge in [0.25, 0.3) is 0 Å². The standard InChI is InChI=1S/C22H22N6O4/c23-17(21(29)30)9-13-11-27(19-7-3-1-5-15(13)19)25-26-28-12-14(10-18(24)22(31)32)16-6-2-4-8-20(16)28/h1-8,11-12,17-18H,9-10,23-24H2,(H,29,30)(H,31,32)/b26-25+. The smallest absolute Gasteiger partial charge is 0.320 e. The average Bonchev–Trinajstić information content (AvgIpc) is 3.30. The van der Waals surface area contributed by atoms with E-state index in [1.807, 2.05) is 48.5 Å². The van der Waals surface area contributed by atoms with Crippen molar-refractivity contribution in [3.05, 3.63) is 72.1 Å². The number of hydrogen-bond donors (Lipinski definition) is 4. The van der Waals surface area contributed by atoms with Crippen LogP contribution in [0.25, 0.3) is 21.8 Å². The molecule has 0 aliphatic rings. The summed E-state index contributed by atoms with van der Waals surface area (Å²) in [5.41, 5.74) is 14.5. The van der Waals surface area contributed by atoms with Crippen LogP contribution in [0.4, 0.5) is 0 Å². The molecule has 10 nitrogen and oxygen atoms in total. The van der Waals surface area contributed by atoms with E-state index in [1.54, 1.807) is 21.7 Å². The van der Waals surface area contributed by atoms with Crippen LogP contribution in [0.1, 0.15) is 11.1 Å². The number of benzene rings is 2. The third-order valence-corrected chi connectivity index (χ3v) is 5.30. The summed E-state index contributed by atoms with van der Waals surface area (Å²) in [5, 5.41) is 28.6. The van der Waals surface area contributed by atoms with Crippen LogP contribution in [0.15, 0.2) is 71.4 Å². The Balaban J connectivity index is 1.72. The molecule has 10 heteroatoms. The summed E-state index contributed by atoms with van der Waals surface area (Å²) in [4.78, 5) is 22.4. The van der Waals surface area contributed by atoms with Gasteiger partial charge in [-0.25, -0.2) is 9.35 Å². The maximum atomic E-state index is 11.2. The normalized spacial score (nSPS) is 13.7. The van der Waals surface area contributed by atoms with Gasteiger partial charge in [0.1, 0.15) is 12.1 Å². The first-order chi connectivity index (χ1) is 15.3. The van der Waals surface area contributed by atoms with Crippen molar-refractivity contribution in [1.29, 1.82) is 0 Å². The highest BCUT2D eigenvalue weighted by molar-refractivity contribution is 5.86. The molecule has 0 saturated heterocycles. The maximum absolute atomic E-state index is 11.2. The Labute approximate surface area is 182 Å². The fourth-order valence-corrected chi connectivity index (χ4v) is 3.67. The third-order valence-electron chi connectivity index (χ3n) is 5.30. The molecule has 0 bridgehead atoms. The van der Waals surface area contributed by atoms with E-state index in [-0.39, 0.29) is 12.8 Å². The molecule has 164 valence electrons. The number of nitrogens with two attached hydrogens (primary N) is 2. The van der Waals surface area contributed by atoms with Gasteiger partial charge < -0.3 is 21.7 Å². The van der Waals surface area contributed by atoms with Gasteiger partial charge in [-0.05, 0) is 33.7 Å². The fraction of sp³-hybridized carbons (Fsp3) is 0.182. The van der Waals surface area contributed by atoms with Crippen molar-refractivity contribution < 1.29 is 19.8 Å². The van der Waals surface area contributed by atoms with Gasteiger partial charge in [-0.15, -0.1) is 0 Å². The first-order valence-corrected chi connectivity index (χ1v) is 9.92. The van der Waals surface area contributed by atoms with E-state index in [0.717, 1.165) is 32.9 Å². The van der Waals surface area contributed by atoms with Gasteiger partial charge in [0.15, 0.2) is 0 Å². The molecule has 2 aromatic heterocycles. The second kappa shape index (κ2) is 8.61. The van der Waals surface area contributed by atoms with Crippen molar-refractivity contribution in [3.8, 4) is 0 Å². The Morgan fingerprint density at radius 3 is 1.50 bits per heavy atom. The van der Waals surface area contributed by atoms with Crippen molar-refractivity contribution in [2.24, 2.45) is 21.9 Å². The summed E-state index contributed by atoms with van der Waals surface area (Å²) in [7, 11) is 0. The number of nitrogens with zero attached hydrogens (tertiary/aromatic N) is 4. The molecular formula is C22H22N6O4. The Morgan fingerprint density at radius 1 is 0.750 bits per heavy atom. The molecule has 0 saturated carbocycles. The van der Waals surface area contributed by atoms with Crippen LogP contribution in [0.5, 0.6) is 0 Å². The molecule has 0 aliphatic heterocycles. The number of hydrogen-bond acceptors (Lipinski definition) is 6. The number of para-hydroxylation sites is 2. The lowest BCUT2D eigenvalue weighted by Crippen LogP contribution is -2.32. The van der Waals surface area contributed by atoms with Gasteiger partial charge in [-0.3, -0.25) is 9.59 Å². The molecule has 4 aromatic rings. The monoisotopic (exact) mass is 434 g/mol. The van der Waals surface area contributed by atoms with E-state index in [4.69, 9.17) is 21.7 Å². The Bertz CT molecular complexity index is 1240. The molecule has 2 atom stereocenters. The molecule has 4 rings (SSSR count). The molecule has 2 heterocycles. The summed E-state index contributed by atoms with van der Waals surface area (Å²) in [5.74, 6) is -2.15. The number of fused-ring (bicyclic) bond motifs is 2. The molecule has 0 fully saturated rings. The summed E-state index contributed by atoms with van der Waals surface area (Å²) in [6.07, 6.45) is 3.73. The van der Waals surface area contributed by atoms with Crippen molar-refractivity contribution in [3.63, 3.8) is 0 Å². The van der Waals surface area contributed by atoms with Crippen molar-refractivity contribution in [2.75, 3.05) is 0 Å². The molecule has 6 N–H and O–H groups in total. The first-order valence-electron chi connectivity index (χ1n) is 9.92. The molecular weight excluding hydrogens is 412 g/mol. The minimum Gasteiger partial charge on any atom is -0.480 e. The van der Waals surface area contributed by atoms with E-state index in [0.29, 0.717) is 0 Å². The predicted octanol–water partition coefficient (Wildman–Crippen LogP) is 2.18. The highest BCUT2D eigenvalue weighted by Gasteiger charge is 2.18. The van der Waals surface area contributed by atoms with Crippen LogP contribution in [-0.4, -0.2) is 43.6 Å². The van der Waals surface area contributed by atoms with Crippen LogP contribution >= 0.6 is 0 Å². The van der Waals surface area contributed by atoms with Gasteiger partial charge in [0.05, 0.1) is 11.0 Å². The van der Waals surface area contributed by atoms with Gasteiger partial charge >= 0.3 is 11.9 Å². The molecule has 32 heavy (non-hydrogen) atoms. The number of aromatic nitrogens is 2. The van der Waals surface area contributed by atoms with Gasteiger partial charge in [-0.1, -0.05) is 36.4 Å². The number of carboxylic acid groups (broad SMARTS) is 2. The third kappa shape index (κ3) is 4.09. The number of carbonyl (C=O) groups is 2. The van der Waals surface area contributed by atoms with Crippen LogP contribution in [-0.2, 0) is 22.4 Å². The van der Waals surface area contributed by atoms with E-state index >= 15 is 0 Å². The number of aliphatic carboxylic acids is 2. The average molecular weight is 434 g/mol. The zero-order valence-corrected chi connectivity index (χ0v) is 17.0. The zero-order chi connectivity index (χ0) is 22.8. The molecule has 0 amide bonds. The molecule has 2 unspecified atom stereocenters. The van der Waals surface area contributed by atoms with Gasteiger partial charge in [0.2, 0.25) is 0 Å². The maximum Gasteiger partial charge on any atom is 0.320 e. The summed E-state index contributed by atoms with van der Waals surface area (Å²) in [6, 6.07) is 12.8. The molecule has 0 aliphatic carbocycles. The molecule has 2 aromatic carbocycles. The topological polar surface area (TPSA) is 161 Å². The molecule has 0 spiro atoms. The second-order valence-electron chi connectivity index (χ2n) is 7.51. The second-order valence-corrected chi connectivity index (χ2v) is 7.51. The lowest BCUT2D eigenvalue weighted by molar-refractivity contribution is -0.139. The quantitative estimate of drug-likeness (QED) is 0.311. The Hall–Kier alpha value is -4.02. The Kier molecular flexibility index (Phi) is 5.71. The number of carboxylic acids is 2. The number of rotatable bonds is 8. The summed E-state index contributed by atoms with van der Waals surface area (Å²) < 4.78 is 3.13. The zero-order valence-electron chi connectivity index (χ0n) is 17.0. The van der Waals surface area contributed by atoms with Gasteiger partial charge in [0, 0.05) is 36.0 Å². The summed E-state index contributed by atoms with van der Waals surface area (Å²) >= 11 is 0. The van der Waals surface area contributed by atoms with Gasteiger partial charge in [-0.2, -0.15) is 0 Å². The van der Waals surface area contributed by atoms with Crippen molar-refractivity contribution in [1.82, 2.24) is 9.35 Å². The minimum absolute atomic E-state index is 0.155. The predicted molar refractivity (Wildman–Crippen MR) is 118 cm³/mol. The highest BCUT2D eigenvalue weighted by atomic mass is 16.4. The van der Waals surface area contributed by atoms with Crippen LogP contribution in [0.2, 0.25) is 0 Å². The van der Waals surface area contributed by atoms with E-state index in [1.165, 1.54) is 0 Å². The van der Waals surface area contributed by atoms with Crippen LogP contribution < -0.4 is 11.5 Å². The largest absolute Gasteiger partial charge is 0.480 e. The van der Waals surface area contributed by atoms with Crippen LogP contribution in [0.3, 0.4) is 0 Å². The molecule has 0 radical (unpaired) electrons. The van der Waals surface area contributed by atoms with E-state index in [2.05, 4.69) is 10.4 Å².